The molecule has 0 N–H and O–H groups in total. The fourth-order valence-electron chi connectivity index (χ4n) is 1.21. The lowest BCUT2D eigenvalue weighted by atomic mass is 10.1. The van der Waals surface area contributed by atoms with Crippen LogP contribution in [0.2, 0.25) is 0 Å². The molecule has 0 saturated carbocycles. The van der Waals surface area contributed by atoms with Crippen LogP contribution < -0.4 is 9.30 Å². The Morgan fingerprint density at radius 1 is 1.14 bits per heavy atom. The molecular formula is C12H20NO+. The van der Waals surface area contributed by atoms with Crippen molar-refractivity contribution >= 4 is 0 Å². The highest BCUT2D eigenvalue weighted by molar-refractivity contribution is 5.15. The molecule has 2 heteroatoms. The molecule has 0 aromatic carbocycles. The lowest BCUT2D eigenvalue weighted by Crippen LogP contribution is -2.49. The van der Waals surface area contributed by atoms with E-state index in [-0.39, 0.29) is 11.6 Å². The number of nitrogens with zero attached hydrogens (tertiary/aromatic N) is 1. The maximum Gasteiger partial charge on any atom is 0.172 e. The molecule has 1 rings (SSSR count). The number of aromatic nitrogens is 1. The molecule has 1 heterocycles. The van der Waals surface area contributed by atoms with Crippen LogP contribution in [-0.4, -0.2) is 6.10 Å². The van der Waals surface area contributed by atoms with Gasteiger partial charge in [0.15, 0.2) is 17.9 Å². The van der Waals surface area contributed by atoms with Gasteiger partial charge in [-0.05, 0) is 13.8 Å². The average Bonchev–Trinajstić information content (AvgIpc) is 2.02. The zero-order valence-electron chi connectivity index (χ0n) is 9.74. The average molecular weight is 194 g/mol. The Labute approximate surface area is 86.5 Å². The van der Waals surface area contributed by atoms with E-state index in [4.69, 9.17) is 4.74 Å². The van der Waals surface area contributed by atoms with E-state index in [0.29, 0.717) is 0 Å². The summed E-state index contributed by atoms with van der Waals surface area (Å²) < 4.78 is 7.74. The van der Waals surface area contributed by atoms with Crippen molar-refractivity contribution in [3.05, 3.63) is 24.5 Å². The fraction of sp³-hybridized carbons (Fsp3) is 0.583. The highest BCUT2D eigenvalue weighted by atomic mass is 16.5. The molecule has 2 nitrogen and oxygen atoms in total. The predicted octanol–water partition coefficient (Wildman–Crippen LogP) is 2.52. The standard InChI is InChI=1S/C12H20NO/c1-10(2)14-11-6-8-13(9-7-11)12(3,4)5/h6-10H,1-5H3/q+1. The van der Waals surface area contributed by atoms with E-state index in [9.17, 15) is 0 Å². The van der Waals surface area contributed by atoms with Crippen molar-refractivity contribution in [1.82, 2.24) is 0 Å². The van der Waals surface area contributed by atoms with Gasteiger partial charge in [0.25, 0.3) is 0 Å². The third kappa shape index (κ3) is 3.02. The highest BCUT2D eigenvalue weighted by Gasteiger charge is 2.20. The molecule has 0 radical (unpaired) electrons. The summed E-state index contributed by atoms with van der Waals surface area (Å²) in [7, 11) is 0. The molecule has 0 unspecified atom stereocenters. The smallest absolute Gasteiger partial charge is 0.172 e. The summed E-state index contributed by atoms with van der Waals surface area (Å²) in [4.78, 5) is 0. The normalized spacial score (nSPS) is 11.9. The van der Waals surface area contributed by atoms with Crippen LogP contribution in [0.1, 0.15) is 34.6 Å². The van der Waals surface area contributed by atoms with E-state index < -0.39 is 0 Å². The van der Waals surface area contributed by atoms with Gasteiger partial charge in [-0.2, -0.15) is 0 Å². The number of rotatable bonds is 2. The van der Waals surface area contributed by atoms with Crippen LogP contribution in [0.25, 0.3) is 0 Å². The molecule has 0 bridgehead atoms. The molecule has 1 aromatic rings. The molecule has 0 saturated heterocycles. The van der Waals surface area contributed by atoms with Gasteiger partial charge in [-0.15, -0.1) is 0 Å². The van der Waals surface area contributed by atoms with Crippen LogP contribution >= 0.6 is 0 Å². The molecule has 14 heavy (non-hydrogen) atoms. The zero-order chi connectivity index (χ0) is 10.8. The SMILES string of the molecule is CC(C)Oc1cc[n+](C(C)(C)C)cc1. The van der Waals surface area contributed by atoms with E-state index in [2.05, 4.69) is 37.7 Å². The van der Waals surface area contributed by atoms with Crippen LogP contribution in [0.5, 0.6) is 5.75 Å². The Kier molecular flexibility index (Phi) is 3.14. The molecule has 78 valence electrons. The fourth-order valence-corrected chi connectivity index (χ4v) is 1.21. The summed E-state index contributed by atoms with van der Waals surface area (Å²) in [6.07, 6.45) is 4.34. The first kappa shape index (κ1) is 11.0. The van der Waals surface area contributed by atoms with Crippen molar-refractivity contribution in [2.75, 3.05) is 0 Å². The number of ether oxygens (including phenoxy) is 1. The Bertz CT molecular complexity index is 282. The van der Waals surface area contributed by atoms with Crippen LogP contribution in [0, 0.1) is 0 Å². The van der Waals surface area contributed by atoms with E-state index in [1.807, 2.05) is 26.0 Å². The topological polar surface area (TPSA) is 13.1 Å². The summed E-state index contributed by atoms with van der Waals surface area (Å²) >= 11 is 0. The highest BCUT2D eigenvalue weighted by Crippen LogP contribution is 2.11. The number of hydrogen-bond donors (Lipinski definition) is 0. The third-order valence-corrected chi connectivity index (χ3v) is 1.95. The summed E-state index contributed by atoms with van der Waals surface area (Å²) in [6, 6.07) is 4.01. The minimum atomic E-state index is 0.135. The van der Waals surface area contributed by atoms with Crippen molar-refractivity contribution in [2.45, 2.75) is 46.3 Å². The number of hydrogen-bond acceptors (Lipinski definition) is 1. The lowest BCUT2D eigenvalue weighted by molar-refractivity contribution is -0.754. The molecule has 0 aliphatic heterocycles. The lowest BCUT2D eigenvalue weighted by Gasteiger charge is -2.14. The molecule has 1 aromatic heterocycles. The summed E-state index contributed by atoms with van der Waals surface area (Å²) in [5.74, 6) is 0.931. The maximum atomic E-state index is 5.57. The second kappa shape index (κ2) is 3.99. The molecule has 0 spiro atoms. The third-order valence-electron chi connectivity index (χ3n) is 1.95. The van der Waals surface area contributed by atoms with Crippen molar-refractivity contribution in [1.29, 1.82) is 0 Å². The van der Waals surface area contributed by atoms with Crippen molar-refractivity contribution in [3.63, 3.8) is 0 Å². The van der Waals surface area contributed by atoms with Gasteiger partial charge in [-0.25, -0.2) is 4.57 Å². The van der Waals surface area contributed by atoms with Crippen LogP contribution in [0.15, 0.2) is 24.5 Å². The predicted molar refractivity (Wildman–Crippen MR) is 57.4 cm³/mol. The Morgan fingerprint density at radius 3 is 2.00 bits per heavy atom. The van der Waals surface area contributed by atoms with Gasteiger partial charge in [-0.3, -0.25) is 0 Å². The first-order chi connectivity index (χ1) is 6.39. The molecule has 0 amide bonds. The van der Waals surface area contributed by atoms with Gasteiger partial charge in [0.1, 0.15) is 5.75 Å². The zero-order valence-corrected chi connectivity index (χ0v) is 9.74. The molecule has 0 fully saturated rings. The van der Waals surface area contributed by atoms with Crippen LogP contribution in [0.3, 0.4) is 0 Å². The summed E-state index contributed by atoms with van der Waals surface area (Å²) in [5.41, 5.74) is 0.135. The quantitative estimate of drug-likeness (QED) is 0.659. The molecule has 0 atom stereocenters. The molecular weight excluding hydrogens is 174 g/mol. The van der Waals surface area contributed by atoms with Crippen LogP contribution in [-0.2, 0) is 5.54 Å². The van der Waals surface area contributed by atoms with Gasteiger partial charge >= 0.3 is 0 Å². The van der Waals surface area contributed by atoms with Crippen molar-refractivity contribution in [3.8, 4) is 5.75 Å². The number of pyridine rings is 1. The van der Waals surface area contributed by atoms with E-state index >= 15 is 0 Å². The van der Waals surface area contributed by atoms with Gasteiger partial charge < -0.3 is 4.74 Å². The summed E-state index contributed by atoms with van der Waals surface area (Å²) in [5, 5.41) is 0. The van der Waals surface area contributed by atoms with Gasteiger partial charge in [0, 0.05) is 32.9 Å². The van der Waals surface area contributed by atoms with Crippen molar-refractivity contribution < 1.29 is 9.30 Å². The largest absolute Gasteiger partial charge is 0.491 e. The monoisotopic (exact) mass is 194 g/mol. The van der Waals surface area contributed by atoms with Crippen LogP contribution in [0.4, 0.5) is 0 Å². The Balaban J connectivity index is 2.79. The molecule has 0 aliphatic rings. The van der Waals surface area contributed by atoms with Gasteiger partial charge in [0.05, 0.1) is 6.10 Å². The second-order valence-electron chi connectivity index (χ2n) is 4.78. The van der Waals surface area contributed by atoms with Gasteiger partial charge in [0.2, 0.25) is 0 Å². The van der Waals surface area contributed by atoms with E-state index in [1.165, 1.54) is 0 Å². The minimum absolute atomic E-state index is 0.135. The Hall–Kier alpha value is -1.05. The van der Waals surface area contributed by atoms with Crippen molar-refractivity contribution in [2.24, 2.45) is 0 Å². The first-order valence-corrected chi connectivity index (χ1v) is 5.08. The Morgan fingerprint density at radius 2 is 1.64 bits per heavy atom. The molecule has 0 aliphatic carbocycles. The second-order valence-corrected chi connectivity index (χ2v) is 4.78. The summed E-state index contributed by atoms with van der Waals surface area (Å²) in [6.45, 7) is 10.6. The van der Waals surface area contributed by atoms with E-state index in [0.717, 1.165) is 5.75 Å². The van der Waals surface area contributed by atoms with Gasteiger partial charge in [-0.1, -0.05) is 0 Å². The minimum Gasteiger partial charge on any atom is -0.491 e. The van der Waals surface area contributed by atoms with E-state index in [1.54, 1.807) is 0 Å². The first-order valence-electron chi connectivity index (χ1n) is 5.08. The maximum absolute atomic E-state index is 5.57.